The van der Waals surface area contributed by atoms with Crippen LogP contribution in [0.15, 0.2) is 41.6 Å². The number of aromatic nitrogens is 2. The summed E-state index contributed by atoms with van der Waals surface area (Å²) in [6.45, 7) is 0. The Bertz CT molecular complexity index is 151. The monoisotopic (exact) mass is 152 g/mol. The van der Waals surface area contributed by atoms with Crippen LogP contribution in [0, 0.1) is 0 Å². The summed E-state index contributed by atoms with van der Waals surface area (Å²) in [6.07, 6.45) is 5.52. The van der Waals surface area contributed by atoms with E-state index in [9.17, 15) is 0 Å². The summed E-state index contributed by atoms with van der Waals surface area (Å²) in [5.74, 6) is 0. The van der Waals surface area contributed by atoms with Gasteiger partial charge in [0.25, 0.3) is 0 Å². The molecule has 0 aliphatic rings. The predicted octanol–water partition coefficient (Wildman–Crippen LogP) is 2.16. The minimum atomic E-state index is 1.60. The third-order valence-corrected chi connectivity index (χ3v) is 1.37. The Morgan fingerprint density at radius 2 is 2.00 bits per heavy atom. The molecule has 2 aromatic heterocycles. The summed E-state index contributed by atoms with van der Waals surface area (Å²) in [5.41, 5.74) is 1.79. The molecule has 2 rings (SSSR count). The Labute approximate surface area is 63.6 Å². The highest BCUT2D eigenvalue weighted by molar-refractivity contribution is 7.07. The molecule has 0 saturated carbocycles. The third kappa shape index (κ3) is 3.04. The summed E-state index contributed by atoms with van der Waals surface area (Å²) >= 11 is 1.60. The van der Waals surface area contributed by atoms with Crippen LogP contribution in [0.25, 0.3) is 0 Å². The number of rotatable bonds is 0. The SMILES string of the molecule is c1cc[nH]c1.c1cscn1. The number of nitrogens with one attached hydrogen (secondary N) is 1. The lowest BCUT2D eigenvalue weighted by Crippen LogP contribution is -1.38. The zero-order valence-corrected chi connectivity index (χ0v) is 6.21. The smallest absolute Gasteiger partial charge is 0.0791 e. The zero-order chi connectivity index (χ0) is 7.07. The van der Waals surface area contributed by atoms with Gasteiger partial charge in [-0.15, -0.1) is 11.3 Å². The van der Waals surface area contributed by atoms with E-state index in [0.29, 0.717) is 0 Å². The van der Waals surface area contributed by atoms with Gasteiger partial charge in [-0.3, -0.25) is 4.98 Å². The molecule has 0 fully saturated rings. The highest BCUT2D eigenvalue weighted by Crippen LogP contribution is 1.85. The molecule has 0 radical (unpaired) electrons. The minimum absolute atomic E-state index is 1.60. The summed E-state index contributed by atoms with van der Waals surface area (Å²) < 4.78 is 0. The van der Waals surface area contributed by atoms with Crippen LogP contribution in [0.3, 0.4) is 0 Å². The fourth-order valence-electron chi connectivity index (χ4n) is 0.453. The molecule has 1 N–H and O–H groups in total. The largest absolute Gasteiger partial charge is 0.368 e. The molecule has 0 spiro atoms. The maximum atomic E-state index is 3.74. The second kappa shape index (κ2) is 4.76. The van der Waals surface area contributed by atoms with Gasteiger partial charge >= 0.3 is 0 Å². The van der Waals surface area contributed by atoms with Crippen molar-refractivity contribution in [3.8, 4) is 0 Å². The number of hydrogen-bond donors (Lipinski definition) is 1. The molecule has 0 saturated heterocycles. The quantitative estimate of drug-likeness (QED) is 0.615. The lowest BCUT2D eigenvalue weighted by atomic mass is 10.7. The molecular formula is C7H8N2S. The molecule has 0 bridgehead atoms. The van der Waals surface area contributed by atoms with Crippen LogP contribution < -0.4 is 0 Å². The molecule has 0 aliphatic carbocycles. The van der Waals surface area contributed by atoms with Crippen molar-refractivity contribution in [2.24, 2.45) is 0 Å². The van der Waals surface area contributed by atoms with Crippen molar-refractivity contribution in [1.29, 1.82) is 0 Å². The number of nitrogens with zero attached hydrogens (tertiary/aromatic N) is 1. The van der Waals surface area contributed by atoms with Gasteiger partial charge in [0.2, 0.25) is 0 Å². The Morgan fingerprint density at radius 1 is 1.20 bits per heavy atom. The van der Waals surface area contributed by atoms with E-state index in [2.05, 4.69) is 9.97 Å². The maximum Gasteiger partial charge on any atom is 0.0791 e. The van der Waals surface area contributed by atoms with E-state index in [-0.39, 0.29) is 0 Å². The van der Waals surface area contributed by atoms with Gasteiger partial charge < -0.3 is 4.98 Å². The summed E-state index contributed by atoms with van der Waals surface area (Å²) in [7, 11) is 0. The highest BCUT2D eigenvalue weighted by Gasteiger charge is 1.59. The Hall–Kier alpha value is -1.09. The molecule has 52 valence electrons. The van der Waals surface area contributed by atoms with Gasteiger partial charge in [-0.2, -0.15) is 0 Å². The standard InChI is InChI=1S/C4H5N.C3H3NS/c1-2-4-5-3-1;1-2-5-3-4-1/h1-5H;1-3H. The first-order chi connectivity index (χ1) is 5.00. The lowest BCUT2D eigenvalue weighted by Gasteiger charge is -1.49. The number of H-pyrrole nitrogens is 1. The Kier molecular flexibility index (Phi) is 3.34. The third-order valence-electron chi connectivity index (χ3n) is 0.843. The zero-order valence-electron chi connectivity index (χ0n) is 5.40. The van der Waals surface area contributed by atoms with Gasteiger partial charge in [0.05, 0.1) is 5.51 Å². The van der Waals surface area contributed by atoms with Crippen molar-refractivity contribution in [3.05, 3.63) is 41.6 Å². The fraction of sp³-hybridized carbons (Fsp3) is 0. The van der Waals surface area contributed by atoms with Crippen LogP contribution in [-0.4, -0.2) is 9.97 Å². The van der Waals surface area contributed by atoms with Crippen molar-refractivity contribution in [1.82, 2.24) is 9.97 Å². The summed E-state index contributed by atoms with van der Waals surface area (Å²) in [5, 5.41) is 1.93. The molecule has 0 amide bonds. The first-order valence-corrected chi connectivity index (χ1v) is 3.84. The fourth-order valence-corrected chi connectivity index (χ4v) is 0.805. The maximum absolute atomic E-state index is 3.74. The molecule has 0 atom stereocenters. The second-order valence-electron chi connectivity index (χ2n) is 1.56. The van der Waals surface area contributed by atoms with E-state index in [4.69, 9.17) is 0 Å². The van der Waals surface area contributed by atoms with Crippen molar-refractivity contribution in [2.45, 2.75) is 0 Å². The molecule has 0 aromatic carbocycles. The first kappa shape index (κ1) is 7.02. The second-order valence-corrected chi connectivity index (χ2v) is 2.32. The highest BCUT2D eigenvalue weighted by atomic mass is 32.1. The van der Waals surface area contributed by atoms with Crippen LogP contribution in [0.5, 0.6) is 0 Å². The van der Waals surface area contributed by atoms with E-state index >= 15 is 0 Å². The predicted molar refractivity (Wildman–Crippen MR) is 42.9 cm³/mol. The van der Waals surface area contributed by atoms with Gasteiger partial charge in [0.1, 0.15) is 0 Å². The molecule has 2 nitrogen and oxygen atoms in total. The minimum Gasteiger partial charge on any atom is -0.368 e. The average molecular weight is 152 g/mol. The van der Waals surface area contributed by atoms with E-state index < -0.39 is 0 Å². The van der Waals surface area contributed by atoms with Crippen molar-refractivity contribution in [2.75, 3.05) is 0 Å². The van der Waals surface area contributed by atoms with Crippen LogP contribution >= 0.6 is 11.3 Å². The average Bonchev–Trinajstić information content (AvgIpc) is 2.67. The topological polar surface area (TPSA) is 28.7 Å². The van der Waals surface area contributed by atoms with Crippen LogP contribution in [-0.2, 0) is 0 Å². The number of thiazole rings is 1. The van der Waals surface area contributed by atoms with E-state index in [1.165, 1.54) is 0 Å². The number of hydrogen-bond acceptors (Lipinski definition) is 2. The molecular weight excluding hydrogens is 144 g/mol. The molecule has 0 unspecified atom stereocenters. The van der Waals surface area contributed by atoms with Gasteiger partial charge in [-0.25, -0.2) is 0 Å². The van der Waals surface area contributed by atoms with Crippen LogP contribution in [0.1, 0.15) is 0 Å². The van der Waals surface area contributed by atoms with E-state index in [1.54, 1.807) is 23.0 Å². The Balaban J connectivity index is 0.0000001000. The van der Waals surface area contributed by atoms with Gasteiger partial charge in [-0.1, -0.05) is 0 Å². The molecule has 10 heavy (non-hydrogen) atoms. The first-order valence-electron chi connectivity index (χ1n) is 2.90. The van der Waals surface area contributed by atoms with E-state index in [0.717, 1.165) is 0 Å². The number of aromatic amines is 1. The van der Waals surface area contributed by atoms with E-state index in [1.807, 2.05) is 29.9 Å². The molecule has 0 aliphatic heterocycles. The van der Waals surface area contributed by atoms with Crippen molar-refractivity contribution < 1.29 is 0 Å². The lowest BCUT2D eigenvalue weighted by molar-refractivity contribution is 1.42. The molecule has 2 aromatic rings. The van der Waals surface area contributed by atoms with Gasteiger partial charge in [0.15, 0.2) is 0 Å². The normalized spacial score (nSPS) is 8.00. The van der Waals surface area contributed by atoms with Crippen LogP contribution in [0.4, 0.5) is 0 Å². The molecule has 3 heteroatoms. The van der Waals surface area contributed by atoms with Crippen molar-refractivity contribution in [3.63, 3.8) is 0 Å². The molecule has 2 heterocycles. The van der Waals surface area contributed by atoms with Crippen LogP contribution in [0.2, 0.25) is 0 Å². The van der Waals surface area contributed by atoms with Gasteiger partial charge in [-0.05, 0) is 12.1 Å². The Morgan fingerprint density at radius 3 is 2.20 bits per heavy atom. The summed E-state index contributed by atoms with van der Waals surface area (Å²) in [4.78, 5) is 6.60. The van der Waals surface area contributed by atoms with Crippen molar-refractivity contribution >= 4 is 11.3 Å². The van der Waals surface area contributed by atoms with Gasteiger partial charge in [0, 0.05) is 24.0 Å². The summed E-state index contributed by atoms with van der Waals surface area (Å²) in [6, 6.07) is 3.89.